The lowest BCUT2D eigenvalue weighted by atomic mass is 10.3. The minimum absolute atomic E-state index is 0.0794. The van der Waals surface area contributed by atoms with E-state index in [1.54, 1.807) is 6.07 Å². The van der Waals surface area contributed by atoms with Gasteiger partial charge in [-0.1, -0.05) is 6.07 Å². The molecular weight excluding hydrogens is 351 g/mol. The molecule has 2 rings (SSSR count). The minimum atomic E-state index is -4.38. The summed E-state index contributed by atoms with van der Waals surface area (Å²) in [6.07, 6.45) is -2.02. The number of aromatic nitrogens is 1. The third kappa shape index (κ3) is 8.34. The van der Waals surface area contributed by atoms with Gasteiger partial charge in [-0.15, -0.1) is 0 Å². The number of nitrogens with two attached hydrogens (primary N) is 1. The lowest BCUT2D eigenvalue weighted by molar-refractivity contribution is -0.154. The number of aliphatic imine (C=N–C) groups is 1. The van der Waals surface area contributed by atoms with E-state index >= 15 is 0 Å². The topological polar surface area (TPSA) is 85.0 Å². The van der Waals surface area contributed by atoms with Gasteiger partial charge < -0.3 is 20.5 Å². The number of guanidine groups is 1. The summed E-state index contributed by atoms with van der Waals surface area (Å²) in [5.74, 6) is 0.244. The van der Waals surface area contributed by atoms with Crippen LogP contribution in [0.5, 0.6) is 5.88 Å². The molecule has 26 heavy (non-hydrogen) atoms. The van der Waals surface area contributed by atoms with Crippen molar-refractivity contribution in [3.05, 3.63) is 23.9 Å². The molecule has 0 bridgehead atoms. The highest BCUT2D eigenvalue weighted by Gasteiger charge is 2.28. The van der Waals surface area contributed by atoms with Crippen LogP contribution in [0.3, 0.4) is 0 Å². The Labute approximate surface area is 150 Å². The number of alkyl halides is 3. The molecule has 7 nitrogen and oxygen atoms in total. The second-order valence-electron chi connectivity index (χ2n) is 5.84. The third-order valence-corrected chi connectivity index (χ3v) is 3.67. The Morgan fingerprint density at radius 3 is 2.77 bits per heavy atom. The molecule has 1 saturated heterocycles. The summed E-state index contributed by atoms with van der Waals surface area (Å²) in [4.78, 5) is 10.3. The molecule has 0 spiro atoms. The summed E-state index contributed by atoms with van der Waals surface area (Å²) < 4.78 is 46.0. The smallest absolute Gasteiger partial charge is 0.422 e. The molecule has 0 radical (unpaired) electrons. The van der Waals surface area contributed by atoms with Crippen molar-refractivity contribution in [1.82, 2.24) is 15.2 Å². The summed E-state index contributed by atoms with van der Waals surface area (Å²) in [5.41, 5.74) is 6.53. The Hall–Kier alpha value is -2.07. The van der Waals surface area contributed by atoms with Crippen LogP contribution in [-0.2, 0) is 11.3 Å². The largest absolute Gasteiger partial charge is 0.468 e. The number of hydrogen-bond donors (Lipinski definition) is 2. The summed E-state index contributed by atoms with van der Waals surface area (Å²) in [6, 6.07) is 2.98. The monoisotopic (exact) mass is 375 g/mol. The van der Waals surface area contributed by atoms with Crippen molar-refractivity contribution in [2.24, 2.45) is 10.7 Å². The number of morpholine rings is 1. The molecule has 1 aliphatic rings. The van der Waals surface area contributed by atoms with E-state index in [1.807, 2.05) is 0 Å². The van der Waals surface area contributed by atoms with E-state index < -0.39 is 12.8 Å². The second kappa shape index (κ2) is 10.2. The minimum Gasteiger partial charge on any atom is -0.468 e. The second-order valence-corrected chi connectivity index (χ2v) is 5.84. The lowest BCUT2D eigenvalue weighted by Crippen LogP contribution is -2.39. The SMILES string of the molecule is NC(=NCc1ccc(OCC(F)(F)F)nc1)NCCCN1CCOCC1. The number of hydrogen-bond acceptors (Lipinski definition) is 5. The van der Waals surface area contributed by atoms with Crippen molar-refractivity contribution < 1.29 is 22.6 Å². The molecule has 0 aromatic carbocycles. The molecule has 0 unspecified atom stereocenters. The van der Waals surface area contributed by atoms with Crippen molar-refractivity contribution in [3.8, 4) is 5.88 Å². The van der Waals surface area contributed by atoms with Gasteiger partial charge in [0, 0.05) is 31.9 Å². The molecule has 1 aliphatic heterocycles. The van der Waals surface area contributed by atoms with Crippen molar-refractivity contribution in [1.29, 1.82) is 0 Å². The maximum atomic E-state index is 12.1. The molecule has 10 heteroatoms. The maximum absolute atomic E-state index is 12.1. The highest BCUT2D eigenvalue weighted by Crippen LogP contribution is 2.17. The highest BCUT2D eigenvalue weighted by atomic mass is 19.4. The summed E-state index contributed by atoms with van der Waals surface area (Å²) in [5, 5.41) is 3.04. The van der Waals surface area contributed by atoms with Crippen molar-refractivity contribution in [3.63, 3.8) is 0 Å². The summed E-state index contributed by atoms with van der Waals surface area (Å²) in [7, 11) is 0. The van der Waals surface area contributed by atoms with E-state index in [0.29, 0.717) is 5.96 Å². The van der Waals surface area contributed by atoms with Crippen LogP contribution in [0, 0.1) is 0 Å². The van der Waals surface area contributed by atoms with Crippen LogP contribution in [0.4, 0.5) is 13.2 Å². The first kappa shape index (κ1) is 20.2. The van der Waals surface area contributed by atoms with Gasteiger partial charge in [-0.05, 0) is 18.5 Å². The van der Waals surface area contributed by atoms with E-state index in [-0.39, 0.29) is 12.4 Å². The molecule has 146 valence electrons. The number of halogens is 3. The summed E-state index contributed by atoms with van der Waals surface area (Å²) in [6.45, 7) is 4.10. The fraction of sp³-hybridized carbons (Fsp3) is 0.625. The predicted octanol–water partition coefficient (Wildman–Crippen LogP) is 1.15. The molecule has 0 atom stereocenters. The Morgan fingerprint density at radius 2 is 2.12 bits per heavy atom. The van der Waals surface area contributed by atoms with Gasteiger partial charge >= 0.3 is 6.18 Å². The highest BCUT2D eigenvalue weighted by molar-refractivity contribution is 5.77. The van der Waals surface area contributed by atoms with E-state index in [2.05, 4.69) is 24.9 Å². The number of rotatable bonds is 8. The average Bonchev–Trinajstić information content (AvgIpc) is 2.63. The van der Waals surface area contributed by atoms with Crippen LogP contribution in [0.2, 0.25) is 0 Å². The van der Waals surface area contributed by atoms with Crippen molar-refractivity contribution >= 4 is 5.96 Å². The maximum Gasteiger partial charge on any atom is 0.422 e. The first-order valence-corrected chi connectivity index (χ1v) is 8.41. The predicted molar refractivity (Wildman–Crippen MR) is 91.0 cm³/mol. The quantitative estimate of drug-likeness (QED) is 0.403. The van der Waals surface area contributed by atoms with E-state index in [9.17, 15) is 13.2 Å². The molecule has 0 saturated carbocycles. The zero-order valence-electron chi connectivity index (χ0n) is 14.5. The van der Waals surface area contributed by atoms with Gasteiger partial charge in [0.05, 0.1) is 19.8 Å². The van der Waals surface area contributed by atoms with Gasteiger partial charge in [-0.25, -0.2) is 9.98 Å². The molecule has 2 heterocycles. The molecule has 0 amide bonds. The van der Waals surface area contributed by atoms with Gasteiger partial charge in [-0.3, -0.25) is 4.90 Å². The normalized spacial score (nSPS) is 16.5. The van der Waals surface area contributed by atoms with Crippen LogP contribution in [0.25, 0.3) is 0 Å². The van der Waals surface area contributed by atoms with Crippen LogP contribution in [-0.4, -0.2) is 68.0 Å². The zero-order valence-corrected chi connectivity index (χ0v) is 14.5. The summed E-state index contributed by atoms with van der Waals surface area (Å²) >= 11 is 0. The van der Waals surface area contributed by atoms with E-state index in [1.165, 1.54) is 12.3 Å². The lowest BCUT2D eigenvalue weighted by Gasteiger charge is -2.26. The Balaban J connectivity index is 1.64. The van der Waals surface area contributed by atoms with Gasteiger partial charge in [0.15, 0.2) is 12.6 Å². The van der Waals surface area contributed by atoms with Gasteiger partial charge in [0.25, 0.3) is 0 Å². The van der Waals surface area contributed by atoms with Crippen LogP contribution >= 0.6 is 0 Å². The third-order valence-electron chi connectivity index (χ3n) is 3.67. The molecule has 1 aromatic heterocycles. The first-order valence-electron chi connectivity index (χ1n) is 8.41. The van der Waals surface area contributed by atoms with Crippen molar-refractivity contribution in [2.45, 2.75) is 19.1 Å². The Morgan fingerprint density at radius 1 is 1.35 bits per heavy atom. The fourth-order valence-corrected chi connectivity index (χ4v) is 2.32. The first-order chi connectivity index (χ1) is 12.4. The standard InChI is InChI=1S/C16H24F3N5O2/c17-16(18,19)12-26-14-3-2-13(10-22-14)11-23-15(20)21-4-1-5-24-6-8-25-9-7-24/h2-3,10H,1,4-9,11-12H2,(H3,20,21,23). The van der Waals surface area contributed by atoms with Crippen LogP contribution < -0.4 is 15.8 Å². The molecule has 3 N–H and O–H groups in total. The fourth-order valence-electron chi connectivity index (χ4n) is 2.32. The number of ether oxygens (including phenoxy) is 2. The van der Waals surface area contributed by atoms with Gasteiger partial charge in [0.1, 0.15) is 0 Å². The number of pyridine rings is 1. The number of nitrogens with one attached hydrogen (secondary N) is 1. The van der Waals surface area contributed by atoms with Crippen LogP contribution in [0.15, 0.2) is 23.3 Å². The van der Waals surface area contributed by atoms with E-state index in [0.717, 1.165) is 51.4 Å². The average molecular weight is 375 g/mol. The van der Waals surface area contributed by atoms with Crippen LogP contribution in [0.1, 0.15) is 12.0 Å². The molecule has 1 fully saturated rings. The molecular formula is C16H24F3N5O2. The Kier molecular flexibility index (Phi) is 7.92. The molecule has 1 aromatic rings. The van der Waals surface area contributed by atoms with E-state index in [4.69, 9.17) is 10.5 Å². The Bertz CT molecular complexity index is 560. The van der Waals surface area contributed by atoms with Gasteiger partial charge in [-0.2, -0.15) is 13.2 Å². The molecule has 0 aliphatic carbocycles. The van der Waals surface area contributed by atoms with Gasteiger partial charge in [0.2, 0.25) is 5.88 Å². The number of nitrogens with zero attached hydrogens (tertiary/aromatic N) is 3. The zero-order chi connectivity index (χ0) is 18.8. The van der Waals surface area contributed by atoms with Crippen molar-refractivity contribution in [2.75, 3.05) is 46.0 Å².